The zero-order valence-corrected chi connectivity index (χ0v) is 14.3. The van der Waals surface area contributed by atoms with Crippen molar-refractivity contribution in [3.05, 3.63) is 59.7 Å². The van der Waals surface area contributed by atoms with Crippen molar-refractivity contribution < 1.29 is 19.5 Å². The molecule has 0 spiro atoms. The third kappa shape index (κ3) is 3.91. The Balaban J connectivity index is 1.68. The van der Waals surface area contributed by atoms with Gasteiger partial charge in [-0.1, -0.05) is 30.3 Å². The minimum Gasteiger partial charge on any atom is -0.478 e. The summed E-state index contributed by atoms with van der Waals surface area (Å²) in [4.78, 5) is 37.3. The number of anilines is 2. The SMILES string of the molecule is O=C(CCc1ccccc1C(=O)O)Nc1ccccc1N1CCCC1=O. The quantitative estimate of drug-likeness (QED) is 0.836. The lowest BCUT2D eigenvalue weighted by molar-refractivity contribution is -0.117. The summed E-state index contributed by atoms with van der Waals surface area (Å²) in [5.74, 6) is -1.16. The monoisotopic (exact) mass is 352 g/mol. The molecule has 2 amide bonds. The van der Waals surface area contributed by atoms with Gasteiger partial charge in [-0.2, -0.15) is 0 Å². The van der Waals surface area contributed by atoms with Crippen LogP contribution >= 0.6 is 0 Å². The number of hydrogen-bond acceptors (Lipinski definition) is 3. The highest BCUT2D eigenvalue weighted by Crippen LogP contribution is 2.29. The molecular weight excluding hydrogens is 332 g/mol. The van der Waals surface area contributed by atoms with Gasteiger partial charge in [0.05, 0.1) is 16.9 Å². The molecule has 6 nitrogen and oxygen atoms in total. The van der Waals surface area contributed by atoms with E-state index in [0.717, 1.165) is 6.42 Å². The van der Waals surface area contributed by atoms with Crippen molar-refractivity contribution in [3.8, 4) is 0 Å². The first-order valence-electron chi connectivity index (χ1n) is 8.56. The number of carbonyl (C=O) groups is 3. The van der Waals surface area contributed by atoms with Gasteiger partial charge in [-0.05, 0) is 36.6 Å². The number of amides is 2. The molecule has 0 radical (unpaired) electrons. The lowest BCUT2D eigenvalue weighted by atomic mass is 10.0. The molecule has 0 atom stereocenters. The van der Waals surface area contributed by atoms with Crippen LogP contribution in [0, 0.1) is 0 Å². The van der Waals surface area contributed by atoms with Gasteiger partial charge in [0, 0.05) is 19.4 Å². The Bertz CT molecular complexity index is 847. The van der Waals surface area contributed by atoms with Gasteiger partial charge in [-0.3, -0.25) is 9.59 Å². The Morgan fingerprint density at radius 3 is 2.54 bits per heavy atom. The molecular formula is C20H20N2O4. The van der Waals surface area contributed by atoms with Crippen molar-refractivity contribution in [2.75, 3.05) is 16.8 Å². The van der Waals surface area contributed by atoms with E-state index in [1.807, 2.05) is 12.1 Å². The molecule has 134 valence electrons. The van der Waals surface area contributed by atoms with E-state index < -0.39 is 5.97 Å². The van der Waals surface area contributed by atoms with E-state index in [-0.39, 0.29) is 23.8 Å². The van der Waals surface area contributed by atoms with E-state index in [4.69, 9.17) is 0 Å². The molecule has 1 heterocycles. The lowest BCUT2D eigenvalue weighted by Crippen LogP contribution is -2.25. The molecule has 6 heteroatoms. The maximum absolute atomic E-state index is 12.4. The van der Waals surface area contributed by atoms with Crippen LogP contribution < -0.4 is 10.2 Å². The van der Waals surface area contributed by atoms with Gasteiger partial charge in [0.15, 0.2) is 0 Å². The van der Waals surface area contributed by atoms with Crippen molar-refractivity contribution in [2.24, 2.45) is 0 Å². The largest absolute Gasteiger partial charge is 0.478 e. The molecule has 3 rings (SSSR count). The van der Waals surface area contributed by atoms with Crippen molar-refractivity contribution in [2.45, 2.75) is 25.7 Å². The Labute approximate surface area is 151 Å². The van der Waals surface area contributed by atoms with Crippen molar-refractivity contribution in [3.63, 3.8) is 0 Å². The van der Waals surface area contributed by atoms with Crippen molar-refractivity contribution >= 4 is 29.2 Å². The number of para-hydroxylation sites is 2. The Morgan fingerprint density at radius 1 is 1.08 bits per heavy atom. The van der Waals surface area contributed by atoms with Crippen LogP contribution in [0.2, 0.25) is 0 Å². The molecule has 1 aliphatic heterocycles. The van der Waals surface area contributed by atoms with Crippen LogP contribution in [0.4, 0.5) is 11.4 Å². The average Bonchev–Trinajstić information content (AvgIpc) is 3.06. The molecule has 0 saturated carbocycles. The first-order chi connectivity index (χ1) is 12.6. The number of carboxylic acids is 1. The van der Waals surface area contributed by atoms with E-state index in [9.17, 15) is 19.5 Å². The standard InChI is InChI=1S/C20H20N2O4/c23-18(12-11-14-6-1-2-7-15(14)20(25)26)21-16-8-3-4-9-17(16)22-13-5-10-19(22)24/h1-4,6-9H,5,10-13H2,(H,21,23)(H,25,26). The summed E-state index contributed by atoms with van der Waals surface area (Å²) >= 11 is 0. The van der Waals surface area contributed by atoms with Crippen LogP contribution in [0.1, 0.15) is 35.2 Å². The highest BCUT2D eigenvalue weighted by molar-refractivity contribution is 6.02. The molecule has 1 saturated heterocycles. The van der Waals surface area contributed by atoms with Gasteiger partial charge in [0.2, 0.25) is 11.8 Å². The van der Waals surface area contributed by atoms with Crippen LogP contribution in [0.3, 0.4) is 0 Å². The first kappa shape index (κ1) is 17.7. The molecule has 2 N–H and O–H groups in total. The number of aryl methyl sites for hydroxylation is 1. The van der Waals surface area contributed by atoms with Gasteiger partial charge < -0.3 is 15.3 Å². The molecule has 1 aliphatic rings. The molecule has 2 aromatic rings. The van der Waals surface area contributed by atoms with E-state index in [1.54, 1.807) is 35.2 Å². The summed E-state index contributed by atoms with van der Waals surface area (Å²) in [5.41, 5.74) is 2.13. The smallest absolute Gasteiger partial charge is 0.335 e. The van der Waals surface area contributed by atoms with E-state index >= 15 is 0 Å². The zero-order valence-electron chi connectivity index (χ0n) is 14.3. The number of nitrogens with one attached hydrogen (secondary N) is 1. The maximum atomic E-state index is 12.4. The fourth-order valence-corrected chi connectivity index (χ4v) is 3.13. The van der Waals surface area contributed by atoms with Crippen LogP contribution in [0.5, 0.6) is 0 Å². The minimum atomic E-state index is -1.00. The summed E-state index contributed by atoms with van der Waals surface area (Å²) in [5, 5.41) is 12.1. The average molecular weight is 352 g/mol. The van der Waals surface area contributed by atoms with Gasteiger partial charge in [0.25, 0.3) is 0 Å². The third-order valence-corrected chi connectivity index (χ3v) is 4.41. The molecule has 26 heavy (non-hydrogen) atoms. The molecule has 0 aliphatic carbocycles. The zero-order chi connectivity index (χ0) is 18.5. The summed E-state index contributed by atoms with van der Waals surface area (Å²) < 4.78 is 0. The normalized spacial score (nSPS) is 13.7. The molecule has 1 fully saturated rings. The summed E-state index contributed by atoms with van der Waals surface area (Å²) in [6.07, 6.45) is 1.83. The van der Waals surface area contributed by atoms with Crippen molar-refractivity contribution in [1.82, 2.24) is 0 Å². The predicted molar refractivity (Wildman–Crippen MR) is 98.4 cm³/mol. The molecule has 0 bridgehead atoms. The Morgan fingerprint density at radius 2 is 1.81 bits per heavy atom. The fourth-order valence-electron chi connectivity index (χ4n) is 3.13. The van der Waals surface area contributed by atoms with E-state index in [0.29, 0.717) is 36.3 Å². The van der Waals surface area contributed by atoms with Crippen LogP contribution in [0.15, 0.2) is 48.5 Å². The van der Waals surface area contributed by atoms with Crippen LogP contribution in [-0.4, -0.2) is 29.4 Å². The second-order valence-corrected chi connectivity index (χ2v) is 6.18. The number of carboxylic acid groups (broad SMARTS) is 1. The lowest BCUT2D eigenvalue weighted by Gasteiger charge is -2.20. The Kier molecular flexibility index (Phi) is 5.31. The number of carbonyl (C=O) groups excluding carboxylic acids is 2. The number of nitrogens with zero attached hydrogens (tertiary/aromatic N) is 1. The summed E-state index contributed by atoms with van der Waals surface area (Å²) in [7, 11) is 0. The number of rotatable bonds is 6. The van der Waals surface area contributed by atoms with Crippen LogP contribution in [0.25, 0.3) is 0 Å². The number of benzene rings is 2. The highest BCUT2D eigenvalue weighted by Gasteiger charge is 2.24. The fraction of sp³-hybridized carbons (Fsp3) is 0.250. The maximum Gasteiger partial charge on any atom is 0.335 e. The Hall–Kier alpha value is -3.15. The molecule has 0 aromatic heterocycles. The summed E-state index contributed by atoms with van der Waals surface area (Å²) in [6, 6.07) is 13.9. The summed E-state index contributed by atoms with van der Waals surface area (Å²) in [6.45, 7) is 0.651. The number of hydrogen-bond donors (Lipinski definition) is 2. The second-order valence-electron chi connectivity index (χ2n) is 6.18. The highest BCUT2D eigenvalue weighted by atomic mass is 16.4. The second kappa shape index (κ2) is 7.82. The van der Waals surface area contributed by atoms with Crippen molar-refractivity contribution in [1.29, 1.82) is 0 Å². The number of aromatic carboxylic acids is 1. The van der Waals surface area contributed by atoms with Crippen LogP contribution in [-0.2, 0) is 16.0 Å². The van der Waals surface area contributed by atoms with Gasteiger partial charge in [0.1, 0.15) is 0 Å². The predicted octanol–water partition coefficient (Wildman–Crippen LogP) is 3.08. The van der Waals surface area contributed by atoms with Gasteiger partial charge in [-0.25, -0.2) is 4.79 Å². The molecule has 0 unspecified atom stereocenters. The van der Waals surface area contributed by atoms with E-state index in [2.05, 4.69) is 5.32 Å². The van der Waals surface area contributed by atoms with E-state index in [1.165, 1.54) is 6.07 Å². The first-order valence-corrected chi connectivity index (χ1v) is 8.56. The minimum absolute atomic E-state index is 0.0575. The van der Waals surface area contributed by atoms with Gasteiger partial charge >= 0.3 is 5.97 Å². The third-order valence-electron chi connectivity index (χ3n) is 4.41. The topological polar surface area (TPSA) is 86.7 Å². The van der Waals surface area contributed by atoms with Gasteiger partial charge in [-0.15, -0.1) is 0 Å². The molecule has 2 aromatic carbocycles.